The van der Waals surface area contributed by atoms with Crippen LogP contribution in [-0.4, -0.2) is 18.6 Å². The van der Waals surface area contributed by atoms with E-state index in [0.29, 0.717) is 6.61 Å². The van der Waals surface area contributed by atoms with Crippen LogP contribution in [0.3, 0.4) is 0 Å². The van der Waals surface area contributed by atoms with Gasteiger partial charge in [-0.05, 0) is 38.1 Å². The lowest BCUT2D eigenvalue weighted by molar-refractivity contribution is 0.338. The monoisotopic (exact) mass is 256 g/mol. The third-order valence-electron chi connectivity index (χ3n) is 3.04. The Morgan fingerprint density at radius 1 is 1.21 bits per heavy atom. The summed E-state index contributed by atoms with van der Waals surface area (Å²) >= 11 is 0. The molecule has 0 saturated carbocycles. The Bertz CT molecular complexity index is 540. The molecule has 1 aromatic carbocycles. The van der Waals surface area contributed by atoms with Crippen molar-refractivity contribution >= 4 is 0 Å². The standard InChI is InChI=1S/C16H20N2O/c1-4-19-15-9-14(10-18-11-15)16(17-3)13-7-5-6-12(2)8-13/h5-11,16-17H,4H2,1-3H3. The summed E-state index contributed by atoms with van der Waals surface area (Å²) in [6, 6.07) is 10.7. The Morgan fingerprint density at radius 3 is 2.74 bits per heavy atom. The first-order valence-electron chi connectivity index (χ1n) is 6.56. The van der Waals surface area contributed by atoms with Gasteiger partial charge in [0.05, 0.1) is 18.8 Å². The Hall–Kier alpha value is -1.87. The molecule has 1 atom stereocenters. The third kappa shape index (κ3) is 3.32. The van der Waals surface area contributed by atoms with Gasteiger partial charge in [-0.15, -0.1) is 0 Å². The predicted molar refractivity (Wildman–Crippen MR) is 77.5 cm³/mol. The average Bonchev–Trinajstić information content (AvgIpc) is 2.41. The van der Waals surface area contributed by atoms with E-state index in [1.807, 2.05) is 26.2 Å². The van der Waals surface area contributed by atoms with Crippen molar-refractivity contribution in [2.24, 2.45) is 0 Å². The number of hydrogen-bond donors (Lipinski definition) is 1. The molecule has 1 unspecified atom stereocenters. The number of benzene rings is 1. The van der Waals surface area contributed by atoms with Gasteiger partial charge < -0.3 is 10.1 Å². The average molecular weight is 256 g/mol. The van der Waals surface area contributed by atoms with Crippen molar-refractivity contribution in [1.29, 1.82) is 0 Å². The quantitative estimate of drug-likeness (QED) is 0.892. The van der Waals surface area contributed by atoms with Gasteiger partial charge in [0.1, 0.15) is 5.75 Å². The van der Waals surface area contributed by atoms with Gasteiger partial charge >= 0.3 is 0 Å². The van der Waals surface area contributed by atoms with Crippen LogP contribution in [0.15, 0.2) is 42.7 Å². The summed E-state index contributed by atoms with van der Waals surface area (Å²) in [6.07, 6.45) is 3.63. The lowest BCUT2D eigenvalue weighted by Crippen LogP contribution is -2.18. The van der Waals surface area contributed by atoms with E-state index in [-0.39, 0.29) is 6.04 Å². The molecule has 0 amide bonds. The number of nitrogens with zero attached hydrogens (tertiary/aromatic N) is 1. The summed E-state index contributed by atoms with van der Waals surface area (Å²) in [6.45, 7) is 4.73. The Labute approximate surface area is 114 Å². The van der Waals surface area contributed by atoms with Crippen LogP contribution in [0.5, 0.6) is 5.75 Å². The van der Waals surface area contributed by atoms with Gasteiger partial charge in [0.15, 0.2) is 0 Å². The molecule has 1 N–H and O–H groups in total. The van der Waals surface area contributed by atoms with Crippen molar-refractivity contribution in [2.45, 2.75) is 19.9 Å². The fourth-order valence-corrected chi connectivity index (χ4v) is 2.21. The van der Waals surface area contributed by atoms with Crippen LogP contribution in [0, 0.1) is 6.92 Å². The highest BCUT2D eigenvalue weighted by molar-refractivity contribution is 5.35. The molecule has 0 bridgehead atoms. The van der Waals surface area contributed by atoms with E-state index < -0.39 is 0 Å². The molecule has 0 fully saturated rings. The molecule has 2 rings (SSSR count). The molecular formula is C16H20N2O. The number of aryl methyl sites for hydroxylation is 1. The number of rotatable bonds is 5. The van der Waals surface area contributed by atoms with E-state index >= 15 is 0 Å². The third-order valence-corrected chi connectivity index (χ3v) is 3.04. The zero-order valence-electron chi connectivity index (χ0n) is 11.7. The first kappa shape index (κ1) is 13.6. The van der Waals surface area contributed by atoms with Crippen LogP contribution in [0.2, 0.25) is 0 Å². The Kier molecular flexibility index (Phi) is 4.53. The highest BCUT2D eigenvalue weighted by Gasteiger charge is 2.13. The molecule has 19 heavy (non-hydrogen) atoms. The summed E-state index contributed by atoms with van der Waals surface area (Å²) in [5.41, 5.74) is 3.60. The summed E-state index contributed by atoms with van der Waals surface area (Å²) in [5, 5.41) is 3.34. The van der Waals surface area contributed by atoms with Crippen LogP contribution in [0.4, 0.5) is 0 Å². The van der Waals surface area contributed by atoms with Gasteiger partial charge in [-0.3, -0.25) is 4.98 Å². The summed E-state index contributed by atoms with van der Waals surface area (Å²) in [5.74, 6) is 0.813. The number of nitrogens with one attached hydrogen (secondary N) is 1. The second-order valence-electron chi connectivity index (χ2n) is 4.52. The van der Waals surface area contributed by atoms with Gasteiger partial charge in [0.25, 0.3) is 0 Å². The Balaban J connectivity index is 2.33. The van der Waals surface area contributed by atoms with Gasteiger partial charge in [-0.25, -0.2) is 0 Å². The van der Waals surface area contributed by atoms with Gasteiger partial charge in [-0.1, -0.05) is 29.8 Å². The first-order chi connectivity index (χ1) is 9.24. The molecule has 1 aromatic heterocycles. The maximum Gasteiger partial charge on any atom is 0.137 e. The van der Waals surface area contributed by atoms with Crippen LogP contribution in [0.1, 0.15) is 29.7 Å². The van der Waals surface area contributed by atoms with Crippen molar-refractivity contribution in [1.82, 2.24) is 10.3 Å². The fourth-order valence-electron chi connectivity index (χ4n) is 2.21. The van der Waals surface area contributed by atoms with E-state index in [1.165, 1.54) is 11.1 Å². The van der Waals surface area contributed by atoms with Crippen LogP contribution in [0.25, 0.3) is 0 Å². The molecule has 0 aliphatic heterocycles. The molecule has 3 heteroatoms. The number of aromatic nitrogens is 1. The maximum atomic E-state index is 5.51. The van der Waals surface area contributed by atoms with Crippen molar-refractivity contribution < 1.29 is 4.74 Å². The maximum absolute atomic E-state index is 5.51. The molecule has 1 heterocycles. The van der Waals surface area contributed by atoms with Gasteiger partial charge in [0.2, 0.25) is 0 Å². The molecule has 0 saturated heterocycles. The second-order valence-corrected chi connectivity index (χ2v) is 4.52. The summed E-state index contributed by atoms with van der Waals surface area (Å²) in [4.78, 5) is 4.26. The van der Waals surface area contributed by atoms with Crippen molar-refractivity contribution in [3.8, 4) is 5.75 Å². The molecular weight excluding hydrogens is 236 g/mol. The van der Waals surface area contributed by atoms with Crippen molar-refractivity contribution in [3.05, 3.63) is 59.4 Å². The highest BCUT2D eigenvalue weighted by atomic mass is 16.5. The number of pyridine rings is 1. The SMILES string of the molecule is CCOc1cncc(C(NC)c2cccc(C)c2)c1. The van der Waals surface area contributed by atoms with Crippen LogP contribution >= 0.6 is 0 Å². The molecule has 0 aliphatic carbocycles. The summed E-state index contributed by atoms with van der Waals surface area (Å²) in [7, 11) is 1.96. The second kappa shape index (κ2) is 6.34. The van der Waals surface area contributed by atoms with Gasteiger partial charge in [-0.2, -0.15) is 0 Å². The molecule has 2 aromatic rings. The molecule has 100 valence electrons. The van der Waals surface area contributed by atoms with Gasteiger partial charge in [0, 0.05) is 6.20 Å². The Morgan fingerprint density at radius 2 is 2.05 bits per heavy atom. The predicted octanol–water partition coefficient (Wildman–Crippen LogP) is 3.10. The van der Waals surface area contributed by atoms with E-state index in [1.54, 1.807) is 6.20 Å². The normalized spacial score (nSPS) is 12.2. The smallest absolute Gasteiger partial charge is 0.137 e. The van der Waals surface area contributed by atoms with Crippen molar-refractivity contribution in [3.63, 3.8) is 0 Å². The zero-order chi connectivity index (χ0) is 13.7. The lowest BCUT2D eigenvalue weighted by Gasteiger charge is -2.18. The number of ether oxygens (including phenoxy) is 1. The highest BCUT2D eigenvalue weighted by Crippen LogP contribution is 2.24. The topological polar surface area (TPSA) is 34.1 Å². The first-order valence-corrected chi connectivity index (χ1v) is 6.56. The van der Waals surface area contributed by atoms with Crippen LogP contribution in [-0.2, 0) is 0 Å². The lowest BCUT2D eigenvalue weighted by atomic mass is 9.99. The fraction of sp³-hybridized carbons (Fsp3) is 0.312. The zero-order valence-corrected chi connectivity index (χ0v) is 11.7. The van der Waals surface area contributed by atoms with E-state index in [9.17, 15) is 0 Å². The van der Waals surface area contributed by atoms with Crippen LogP contribution < -0.4 is 10.1 Å². The minimum atomic E-state index is 0.132. The van der Waals surface area contributed by atoms with E-state index in [4.69, 9.17) is 4.74 Å². The molecule has 3 nitrogen and oxygen atoms in total. The largest absolute Gasteiger partial charge is 0.492 e. The van der Waals surface area contributed by atoms with E-state index in [2.05, 4.69) is 41.5 Å². The van der Waals surface area contributed by atoms with Crippen molar-refractivity contribution in [2.75, 3.05) is 13.7 Å². The molecule has 0 spiro atoms. The summed E-state index contributed by atoms with van der Waals surface area (Å²) < 4.78 is 5.51. The molecule has 0 radical (unpaired) electrons. The van der Waals surface area contributed by atoms with E-state index in [0.717, 1.165) is 11.3 Å². The number of hydrogen-bond acceptors (Lipinski definition) is 3. The minimum Gasteiger partial charge on any atom is -0.492 e. The molecule has 0 aliphatic rings. The minimum absolute atomic E-state index is 0.132.